The maximum absolute atomic E-state index is 12.4. The predicted octanol–water partition coefficient (Wildman–Crippen LogP) is 3.07. The summed E-state index contributed by atoms with van der Waals surface area (Å²) >= 11 is 0. The van der Waals surface area contributed by atoms with Gasteiger partial charge < -0.3 is 9.42 Å². The van der Waals surface area contributed by atoms with Gasteiger partial charge in [-0.25, -0.2) is 9.97 Å². The molecule has 0 bridgehead atoms. The van der Waals surface area contributed by atoms with Crippen molar-refractivity contribution in [2.75, 3.05) is 6.54 Å². The Hall–Kier alpha value is -2.24. The molecule has 0 saturated carbocycles. The van der Waals surface area contributed by atoms with Gasteiger partial charge in [0.1, 0.15) is 5.76 Å². The summed E-state index contributed by atoms with van der Waals surface area (Å²) in [7, 11) is 0. The van der Waals surface area contributed by atoms with E-state index in [4.69, 9.17) is 9.51 Å². The molecule has 2 aromatic rings. The molecule has 1 saturated heterocycles. The van der Waals surface area contributed by atoms with Crippen LogP contribution in [0.2, 0.25) is 0 Å². The number of aromatic nitrogens is 3. The summed E-state index contributed by atoms with van der Waals surface area (Å²) in [6.07, 6.45) is 3.70. The van der Waals surface area contributed by atoms with Crippen LogP contribution in [0.4, 0.5) is 0 Å². The second-order valence-corrected chi connectivity index (χ2v) is 6.35. The molecule has 0 aliphatic carbocycles. The zero-order valence-corrected chi connectivity index (χ0v) is 14.0. The molecule has 0 N–H and O–H groups in total. The Bertz CT molecular complexity index is 704. The number of rotatable bonds is 3. The number of nitrogens with zero attached hydrogens (tertiary/aromatic N) is 4. The van der Waals surface area contributed by atoms with Crippen LogP contribution in [0.1, 0.15) is 49.9 Å². The van der Waals surface area contributed by atoms with Crippen LogP contribution in [-0.4, -0.2) is 32.5 Å². The van der Waals surface area contributed by atoms with Gasteiger partial charge in [0.2, 0.25) is 5.91 Å². The van der Waals surface area contributed by atoms with Crippen LogP contribution >= 0.6 is 0 Å². The second kappa shape index (κ2) is 6.10. The van der Waals surface area contributed by atoms with Crippen LogP contribution in [0.3, 0.4) is 0 Å². The fourth-order valence-corrected chi connectivity index (χ4v) is 3.15. The van der Waals surface area contributed by atoms with Gasteiger partial charge in [-0.2, -0.15) is 0 Å². The van der Waals surface area contributed by atoms with Crippen molar-refractivity contribution in [2.24, 2.45) is 5.92 Å². The van der Waals surface area contributed by atoms with Gasteiger partial charge in [0, 0.05) is 18.7 Å². The lowest BCUT2D eigenvalue weighted by atomic mass is 10.1. The van der Waals surface area contributed by atoms with E-state index in [2.05, 4.69) is 10.1 Å². The standard InChI is InChI=1S/C17H22N4O2/c1-10(2)17(22)21-9-5-6-14(21)13-7-8-18-16(19-13)15-11(3)20-23-12(15)4/h7-8,10,14H,5-6,9H2,1-4H3. The van der Waals surface area contributed by atoms with Crippen LogP contribution in [-0.2, 0) is 4.79 Å². The SMILES string of the molecule is Cc1noc(C)c1-c1nccc(C2CCCN2C(=O)C(C)C)n1. The first-order valence-electron chi connectivity index (χ1n) is 8.05. The van der Waals surface area contributed by atoms with Crippen molar-refractivity contribution >= 4 is 5.91 Å². The Morgan fingerprint density at radius 1 is 1.39 bits per heavy atom. The molecular weight excluding hydrogens is 292 g/mol. The third-order valence-electron chi connectivity index (χ3n) is 4.31. The maximum Gasteiger partial charge on any atom is 0.225 e. The van der Waals surface area contributed by atoms with Crippen molar-refractivity contribution in [3.63, 3.8) is 0 Å². The van der Waals surface area contributed by atoms with Gasteiger partial charge in [-0.15, -0.1) is 0 Å². The van der Waals surface area contributed by atoms with E-state index in [9.17, 15) is 4.79 Å². The third-order valence-corrected chi connectivity index (χ3v) is 4.31. The topological polar surface area (TPSA) is 72.1 Å². The van der Waals surface area contributed by atoms with Crippen molar-refractivity contribution < 1.29 is 9.32 Å². The summed E-state index contributed by atoms with van der Waals surface area (Å²) < 4.78 is 5.21. The summed E-state index contributed by atoms with van der Waals surface area (Å²) in [6, 6.07) is 1.94. The van der Waals surface area contributed by atoms with Gasteiger partial charge in [0.15, 0.2) is 5.82 Å². The van der Waals surface area contributed by atoms with E-state index in [1.807, 2.05) is 38.7 Å². The predicted molar refractivity (Wildman–Crippen MR) is 85.5 cm³/mol. The quantitative estimate of drug-likeness (QED) is 0.870. The molecule has 122 valence electrons. The van der Waals surface area contributed by atoms with E-state index >= 15 is 0 Å². The molecule has 3 heterocycles. The van der Waals surface area contributed by atoms with Crippen LogP contribution in [0.5, 0.6) is 0 Å². The van der Waals surface area contributed by atoms with E-state index in [1.54, 1.807) is 6.20 Å². The van der Waals surface area contributed by atoms with Crippen molar-refractivity contribution in [1.82, 2.24) is 20.0 Å². The minimum Gasteiger partial charge on any atom is -0.361 e. The highest BCUT2D eigenvalue weighted by Crippen LogP contribution is 2.33. The number of amides is 1. The molecule has 2 aromatic heterocycles. The molecule has 1 fully saturated rings. The first-order chi connectivity index (χ1) is 11.0. The minimum atomic E-state index is -0.000490. The monoisotopic (exact) mass is 314 g/mol. The number of carbonyl (C=O) groups is 1. The molecule has 0 aromatic carbocycles. The minimum absolute atomic E-state index is 0.000490. The number of carbonyl (C=O) groups excluding carboxylic acids is 1. The van der Waals surface area contributed by atoms with Gasteiger partial charge >= 0.3 is 0 Å². The van der Waals surface area contributed by atoms with Gasteiger partial charge in [-0.1, -0.05) is 19.0 Å². The van der Waals surface area contributed by atoms with Crippen LogP contribution < -0.4 is 0 Å². The maximum atomic E-state index is 12.4. The Morgan fingerprint density at radius 2 is 2.17 bits per heavy atom. The van der Waals surface area contributed by atoms with Crippen molar-refractivity contribution in [3.8, 4) is 11.4 Å². The van der Waals surface area contributed by atoms with Gasteiger partial charge in [-0.05, 0) is 32.8 Å². The molecule has 1 aliphatic rings. The number of likely N-dealkylation sites (tertiary alicyclic amines) is 1. The Morgan fingerprint density at radius 3 is 2.83 bits per heavy atom. The summed E-state index contributed by atoms with van der Waals surface area (Å²) in [5.41, 5.74) is 2.51. The second-order valence-electron chi connectivity index (χ2n) is 6.35. The lowest BCUT2D eigenvalue weighted by molar-refractivity contribution is -0.135. The summed E-state index contributed by atoms with van der Waals surface area (Å²) in [4.78, 5) is 23.4. The summed E-state index contributed by atoms with van der Waals surface area (Å²) in [6.45, 7) is 8.41. The first kappa shape index (κ1) is 15.6. The average Bonchev–Trinajstić information content (AvgIpc) is 3.13. The first-order valence-corrected chi connectivity index (χ1v) is 8.05. The third kappa shape index (κ3) is 2.85. The zero-order valence-electron chi connectivity index (χ0n) is 14.0. The molecule has 0 spiro atoms. The largest absolute Gasteiger partial charge is 0.361 e. The van der Waals surface area contributed by atoms with E-state index in [0.29, 0.717) is 11.6 Å². The number of hydrogen-bond acceptors (Lipinski definition) is 5. The molecule has 6 heteroatoms. The summed E-state index contributed by atoms with van der Waals surface area (Å²) in [5, 5.41) is 3.97. The molecule has 1 unspecified atom stereocenters. The molecule has 0 radical (unpaired) electrons. The van der Waals surface area contributed by atoms with Crippen molar-refractivity contribution in [1.29, 1.82) is 0 Å². The van der Waals surface area contributed by atoms with E-state index in [1.165, 1.54) is 0 Å². The van der Waals surface area contributed by atoms with E-state index in [-0.39, 0.29) is 17.9 Å². The zero-order chi connectivity index (χ0) is 16.6. The highest BCUT2D eigenvalue weighted by atomic mass is 16.5. The normalized spacial score (nSPS) is 18.0. The van der Waals surface area contributed by atoms with Crippen molar-refractivity contribution in [2.45, 2.75) is 46.6 Å². The smallest absolute Gasteiger partial charge is 0.225 e. The molecular formula is C17H22N4O2. The lowest BCUT2D eigenvalue weighted by Crippen LogP contribution is -2.34. The molecule has 3 rings (SSSR count). The highest BCUT2D eigenvalue weighted by molar-refractivity contribution is 5.78. The van der Waals surface area contributed by atoms with Crippen LogP contribution in [0.25, 0.3) is 11.4 Å². The van der Waals surface area contributed by atoms with Crippen LogP contribution in [0.15, 0.2) is 16.8 Å². The Balaban J connectivity index is 1.95. The van der Waals surface area contributed by atoms with Gasteiger partial charge in [0.05, 0.1) is 23.0 Å². The number of hydrogen-bond donors (Lipinski definition) is 0. The average molecular weight is 314 g/mol. The molecule has 23 heavy (non-hydrogen) atoms. The molecule has 1 amide bonds. The molecule has 1 aliphatic heterocycles. The Labute approximate surface area is 135 Å². The fraction of sp³-hybridized carbons (Fsp3) is 0.529. The van der Waals surface area contributed by atoms with Gasteiger partial charge in [0.25, 0.3) is 0 Å². The fourth-order valence-electron chi connectivity index (χ4n) is 3.15. The van der Waals surface area contributed by atoms with E-state index < -0.39 is 0 Å². The highest BCUT2D eigenvalue weighted by Gasteiger charge is 2.32. The molecule has 6 nitrogen and oxygen atoms in total. The van der Waals surface area contributed by atoms with Gasteiger partial charge in [-0.3, -0.25) is 4.79 Å². The number of aryl methyl sites for hydroxylation is 2. The Kier molecular flexibility index (Phi) is 4.15. The lowest BCUT2D eigenvalue weighted by Gasteiger charge is -2.26. The summed E-state index contributed by atoms with van der Waals surface area (Å²) in [5.74, 6) is 1.51. The molecule has 1 atom stereocenters. The van der Waals surface area contributed by atoms with Crippen LogP contribution in [0, 0.1) is 19.8 Å². The van der Waals surface area contributed by atoms with E-state index in [0.717, 1.165) is 36.3 Å². The van der Waals surface area contributed by atoms with Crippen molar-refractivity contribution in [3.05, 3.63) is 29.4 Å².